The van der Waals surface area contributed by atoms with Crippen LogP contribution in [0.15, 0.2) is 36.4 Å². The van der Waals surface area contributed by atoms with E-state index in [1.807, 2.05) is 0 Å². The van der Waals surface area contributed by atoms with E-state index in [1.165, 1.54) is 131 Å². The Balaban J connectivity index is 1.40. The predicted molar refractivity (Wildman–Crippen MR) is 177 cm³/mol. The fourth-order valence-electron chi connectivity index (χ4n) is 6.39. The van der Waals surface area contributed by atoms with E-state index in [2.05, 4.69) is 64.1 Å². The van der Waals surface area contributed by atoms with E-state index in [0.717, 1.165) is 36.1 Å². The Bertz CT molecular complexity index is 972. The lowest BCUT2D eigenvalue weighted by Crippen LogP contribution is -2.08. The zero-order valence-electron chi connectivity index (χ0n) is 26.5. The van der Waals surface area contributed by atoms with Crippen LogP contribution in [0.1, 0.15) is 154 Å². The maximum Gasteiger partial charge on any atom is 0.138 e. The fraction of sp³-hybridized carbons (Fsp3) is 0.684. The molecule has 0 saturated carbocycles. The molecule has 1 aliphatic carbocycles. The molecular formula is C38H59ClO. The molecule has 224 valence electrons. The second-order valence-corrected chi connectivity index (χ2v) is 14.1. The first-order chi connectivity index (χ1) is 19.4. The van der Waals surface area contributed by atoms with Gasteiger partial charge in [-0.3, -0.25) is 0 Å². The van der Waals surface area contributed by atoms with E-state index < -0.39 is 0 Å². The van der Waals surface area contributed by atoms with Gasteiger partial charge in [-0.2, -0.15) is 0 Å². The summed E-state index contributed by atoms with van der Waals surface area (Å²) in [6.45, 7) is 10.2. The minimum Gasteiger partial charge on any atom is -0.492 e. The van der Waals surface area contributed by atoms with E-state index in [0.29, 0.717) is 5.41 Å². The molecule has 0 radical (unpaired) electrons. The first-order valence-corrected chi connectivity index (χ1v) is 17.3. The third kappa shape index (κ3) is 11.8. The van der Waals surface area contributed by atoms with E-state index in [1.54, 1.807) is 0 Å². The van der Waals surface area contributed by atoms with Crippen molar-refractivity contribution in [3.63, 3.8) is 0 Å². The van der Waals surface area contributed by atoms with Gasteiger partial charge in [-0.15, -0.1) is 0 Å². The first-order valence-electron chi connectivity index (χ1n) is 16.9. The Hall–Kier alpha value is -1.47. The molecule has 3 rings (SSSR count). The molecule has 0 aromatic heterocycles. The third-order valence-electron chi connectivity index (χ3n) is 8.92. The monoisotopic (exact) mass is 566 g/mol. The summed E-state index contributed by atoms with van der Waals surface area (Å²) in [6, 6.07) is 13.0. The Morgan fingerprint density at radius 3 is 1.95 bits per heavy atom. The highest BCUT2D eigenvalue weighted by atomic mass is 35.5. The van der Waals surface area contributed by atoms with Gasteiger partial charge < -0.3 is 4.74 Å². The minimum atomic E-state index is 0.486. The maximum absolute atomic E-state index is 6.88. The fourth-order valence-corrected chi connectivity index (χ4v) is 6.68. The molecule has 0 saturated heterocycles. The van der Waals surface area contributed by atoms with Crippen molar-refractivity contribution >= 4 is 11.6 Å². The Morgan fingerprint density at radius 1 is 0.700 bits per heavy atom. The molecular weight excluding hydrogens is 508 g/mol. The van der Waals surface area contributed by atoms with Crippen LogP contribution in [0.2, 0.25) is 5.02 Å². The topological polar surface area (TPSA) is 9.23 Å². The van der Waals surface area contributed by atoms with Crippen molar-refractivity contribution in [1.29, 1.82) is 0 Å². The molecule has 1 atom stereocenters. The standard InChI is InChI=1S/C38H59ClO/c1-5-6-7-8-9-10-13-16-21-31(22-17-14-11-12-15-20-28-38(2,3)4)27-29-40-36-26-25-34-33-24-19-18-23-32(33)30-35(34)37(36)39/h18-19,23-26,31H,5-17,20-22,27-30H2,1-4H3. The van der Waals surface area contributed by atoms with Gasteiger partial charge in [0.05, 0.1) is 11.6 Å². The van der Waals surface area contributed by atoms with Crippen molar-refractivity contribution in [3.8, 4) is 16.9 Å². The van der Waals surface area contributed by atoms with Crippen LogP contribution in [-0.4, -0.2) is 6.61 Å². The van der Waals surface area contributed by atoms with E-state index in [4.69, 9.17) is 16.3 Å². The van der Waals surface area contributed by atoms with Crippen LogP contribution in [0, 0.1) is 11.3 Å². The van der Waals surface area contributed by atoms with E-state index >= 15 is 0 Å². The highest BCUT2D eigenvalue weighted by molar-refractivity contribution is 6.33. The SMILES string of the molecule is CCCCCCCCCCC(CCCCCCCCC(C)(C)C)CCOc1ccc2c(c1Cl)Cc1ccccc1-2. The molecule has 2 aromatic rings. The number of benzene rings is 2. The van der Waals surface area contributed by atoms with Crippen molar-refractivity contribution in [2.24, 2.45) is 11.3 Å². The molecule has 0 amide bonds. The summed E-state index contributed by atoms with van der Waals surface area (Å²) in [5.41, 5.74) is 5.69. The molecule has 1 unspecified atom stereocenters. The van der Waals surface area contributed by atoms with Gasteiger partial charge in [-0.25, -0.2) is 0 Å². The minimum absolute atomic E-state index is 0.486. The quantitative estimate of drug-likeness (QED) is 0.116. The summed E-state index contributed by atoms with van der Waals surface area (Å²) in [4.78, 5) is 0. The molecule has 0 fully saturated rings. The number of unbranched alkanes of at least 4 members (excludes halogenated alkanes) is 12. The number of ether oxygens (including phenoxy) is 1. The molecule has 0 N–H and O–H groups in total. The number of rotatable bonds is 21. The second-order valence-electron chi connectivity index (χ2n) is 13.7. The summed E-state index contributed by atoms with van der Waals surface area (Å²) in [7, 11) is 0. The van der Waals surface area contributed by atoms with Crippen LogP contribution in [-0.2, 0) is 6.42 Å². The number of halogens is 1. The van der Waals surface area contributed by atoms with Crippen LogP contribution < -0.4 is 4.74 Å². The maximum atomic E-state index is 6.88. The molecule has 0 spiro atoms. The third-order valence-corrected chi connectivity index (χ3v) is 9.34. The van der Waals surface area contributed by atoms with Crippen molar-refractivity contribution in [2.45, 2.75) is 150 Å². The molecule has 2 aromatic carbocycles. The van der Waals surface area contributed by atoms with Gasteiger partial charge in [0.1, 0.15) is 5.75 Å². The first kappa shape index (κ1) is 33.0. The van der Waals surface area contributed by atoms with Gasteiger partial charge in [-0.1, -0.05) is 172 Å². The lowest BCUT2D eigenvalue weighted by molar-refractivity contribution is 0.259. The number of hydrogen-bond acceptors (Lipinski definition) is 1. The molecule has 0 bridgehead atoms. The summed E-state index contributed by atoms with van der Waals surface area (Å²) in [6.07, 6.45) is 25.7. The highest BCUT2D eigenvalue weighted by Gasteiger charge is 2.22. The lowest BCUT2D eigenvalue weighted by atomic mass is 9.89. The van der Waals surface area contributed by atoms with Crippen LogP contribution in [0.25, 0.3) is 11.1 Å². The summed E-state index contributed by atoms with van der Waals surface area (Å²) < 4.78 is 6.34. The lowest BCUT2D eigenvalue weighted by Gasteiger charge is -2.19. The molecule has 2 heteroatoms. The summed E-state index contributed by atoms with van der Waals surface area (Å²) in [5.74, 6) is 1.65. The zero-order chi connectivity index (χ0) is 28.6. The molecule has 0 aliphatic heterocycles. The molecule has 40 heavy (non-hydrogen) atoms. The average Bonchev–Trinajstić information content (AvgIpc) is 3.31. The molecule has 1 nitrogen and oxygen atoms in total. The predicted octanol–water partition coefficient (Wildman–Crippen LogP) is 13.0. The van der Waals surface area contributed by atoms with Gasteiger partial charge in [0.25, 0.3) is 0 Å². The Morgan fingerprint density at radius 2 is 1.30 bits per heavy atom. The number of fused-ring (bicyclic) bond motifs is 3. The van der Waals surface area contributed by atoms with Crippen molar-refractivity contribution in [2.75, 3.05) is 6.61 Å². The Kier molecular flexibility index (Phi) is 15.0. The number of hydrogen-bond donors (Lipinski definition) is 0. The van der Waals surface area contributed by atoms with Gasteiger partial charge in [0.2, 0.25) is 0 Å². The summed E-state index contributed by atoms with van der Waals surface area (Å²) in [5, 5.41) is 0.819. The smallest absolute Gasteiger partial charge is 0.138 e. The molecule has 1 aliphatic rings. The second kappa shape index (κ2) is 18.1. The highest BCUT2D eigenvalue weighted by Crippen LogP contribution is 2.43. The van der Waals surface area contributed by atoms with Crippen molar-refractivity contribution in [1.82, 2.24) is 0 Å². The van der Waals surface area contributed by atoms with Gasteiger partial charge in [-0.05, 0) is 52.5 Å². The van der Waals surface area contributed by atoms with Crippen LogP contribution in [0.4, 0.5) is 0 Å². The summed E-state index contributed by atoms with van der Waals surface area (Å²) >= 11 is 6.88. The van der Waals surface area contributed by atoms with Crippen LogP contribution in [0.5, 0.6) is 5.75 Å². The average molecular weight is 567 g/mol. The van der Waals surface area contributed by atoms with Gasteiger partial charge >= 0.3 is 0 Å². The van der Waals surface area contributed by atoms with Crippen LogP contribution in [0.3, 0.4) is 0 Å². The van der Waals surface area contributed by atoms with Crippen molar-refractivity contribution < 1.29 is 4.74 Å². The van der Waals surface area contributed by atoms with E-state index in [-0.39, 0.29) is 0 Å². The van der Waals surface area contributed by atoms with Gasteiger partial charge in [0.15, 0.2) is 0 Å². The largest absolute Gasteiger partial charge is 0.492 e. The van der Waals surface area contributed by atoms with Crippen LogP contribution >= 0.6 is 11.6 Å². The Labute approximate surface area is 252 Å². The van der Waals surface area contributed by atoms with Gasteiger partial charge in [0, 0.05) is 6.42 Å². The van der Waals surface area contributed by atoms with E-state index in [9.17, 15) is 0 Å². The molecule has 0 heterocycles. The van der Waals surface area contributed by atoms with Crippen molar-refractivity contribution in [3.05, 3.63) is 52.5 Å². The normalized spacial score (nSPS) is 13.3. The zero-order valence-corrected chi connectivity index (χ0v) is 27.2.